The summed E-state index contributed by atoms with van der Waals surface area (Å²) in [6, 6.07) is 12.9. The summed E-state index contributed by atoms with van der Waals surface area (Å²) in [5.41, 5.74) is 0.957. The molecule has 0 saturated heterocycles. The van der Waals surface area contributed by atoms with Gasteiger partial charge in [0.1, 0.15) is 28.7 Å². The highest BCUT2D eigenvalue weighted by molar-refractivity contribution is 6.07. The van der Waals surface area contributed by atoms with Crippen molar-refractivity contribution in [3.05, 3.63) is 65.7 Å². The predicted molar refractivity (Wildman–Crippen MR) is 93.1 cm³/mol. The van der Waals surface area contributed by atoms with Gasteiger partial charge in [0, 0.05) is 12.4 Å². The lowest BCUT2D eigenvalue weighted by atomic mass is 10.1. The molecule has 1 aromatic carbocycles. The molecule has 0 aliphatic heterocycles. The number of ether oxygens (including phenoxy) is 1. The van der Waals surface area contributed by atoms with E-state index in [0.29, 0.717) is 29.7 Å². The standard InChI is InChI=1S/C19H17N3O3/c1-3-24-16-9-5-4-8-15(16)21-18(23)17-13(2)25-19(14(17)12-20)22-10-6-7-11-22/h4-11H,3H2,1-2H3,(H,21,23). The zero-order chi connectivity index (χ0) is 17.8. The van der Waals surface area contributed by atoms with E-state index in [0.717, 1.165) is 0 Å². The number of nitrogens with one attached hydrogen (secondary N) is 1. The number of anilines is 1. The quantitative estimate of drug-likeness (QED) is 0.767. The Kier molecular flexibility index (Phi) is 4.57. The van der Waals surface area contributed by atoms with Crippen LogP contribution in [0.5, 0.6) is 5.75 Å². The van der Waals surface area contributed by atoms with Crippen molar-refractivity contribution in [3.8, 4) is 17.7 Å². The Balaban J connectivity index is 1.98. The number of nitrogens with zero attached hydrogens (tertiary/aromatic N) is 2. The van der Waals surface area contributed by atoms with E-state index in [9.17, 15) is 10.1 Å². The molecule has 0 aliphatic carbocycles. The Morgan fingerprint density at radius 3 is 2.68 bits per heavy atom. The van der Waals surface area contributed by atoms with Crippen LogP contribution in [0.3, 0.4) is 0 Å². The van der Waals surface area contributed by atoms with Crippen LogP contribution in [0.4, 0.5) is 5.69 Å². The highest BCUT2D eigenvalue weighted by Gasteiger charge is 2.25. The van der Waals surface area contributed by atoms with Crippen LogP contribution in [0.1, 0.15) is 28.6 Å². The first kappa shape index (κ1) is 16.4. The highest BCUT2D eigenvalue weighted by atomic mass is 16.5. The molecule has 0 fully saturated rings. The van der Waals surface area contributed by atoms with Gasteiger partial charge < -0.3 is 14.5 Å². The third-order valence-electron chi connectivity index (χ3n) is 3.68. The van der Waals surface area contributed by atoms with E-state index in [2.05, 4.69) is 11.4 Å². The predicted octanol–water partition coefficient (Wildman–Crippen LogP) is 3.90. The minimum atomic E-state index is -0.414. The van der Waals surface area contributed by atoms with Crippen LogP contribution < -0.4 is 10.1 Å². The number of aryl methyl sites for hydroxylation is 1. The van der Waals surface area contributed by atoms with Gasteiger partial charge in [-0.3, -0.25) is 9.36 Å². The van der Waals surface area contributed by atoms with Gasteiger partial charge in [-0.1, -0.05) is 12.1 Å². The smallest absolute Gasteiger partial charge is 0.260 e. The molecular formula is C19H17N3O3. The van der Waals surface area contributed by atoms with E-state index in [4.69, 9.17) is 9.15 Å². The Morgan fingerprint density at radius 2 is 2.00 bits per heavy atom. The van der Waals surface area contributed by atoms with Gasteiger partial charge in [-0.2, -0.15) is 5.26 Å². The minimum absolute atomic E-state index is 0.195. The molecule has 126 valence electrons. The van der Waals surface area contributed by atoms with Crippen molar-refractivity contribution >= 4 is 11.6 Å². The lowest BCUT2D eigenvalue weighted by Gasteiger charge is -2.11. The number of furan rings is 1. The van der Waals surface area contributed by atoms with Crippen molar-refractivity contribution in [1.29, 1.82) is 5.26 Å². The molecule has 0 saturated carbocycles. The van der Waals surface area contributed by atoms with Crippen LogP contribution in [0.15, 0.2) is 53.2 Å². The van der Waals surface area contributed by atoms with Gasteiger partial charge in [0.05, 0.1) is 12.3 Å². The van der Waals surface area contributed by atoms with Crippen molar-refractivity contribution in [1.82, 2.24) is 4.57 Å². The van der Waals surface area contributed by atoms with Gasteiger partial charge in [0.2, 0.25) is 5.88 Å². The molecule has 6 nitrogen and oxygen atoms in total. The first-order chi connectivity index (χ1) is 12.2. The number of amides is 1. The summed E-state index contributed by atoms with van der Waals surface area (Å²) in [6.07, 6.45) is 3.51. The Labute approximate surface area is 145 Å². The van der Waals surface area contributed by atoms with Crippen LogP contribution >= 0.6 is 0 Å². The first-order valence-corrected chi connectivity index (χ1v) is 7.85. The van der Waals surface area contributed by atoms with Gasteiger partial charge >= 0.3 is 0 Å². The monoisotopic (exact) mass is 335 g/mol. The molecule has 2 aromatic heterocycles. The van der Waals surface area contributed by atoms with Crippen molar-refractivity contribution in [3.63, 3.8) is 0 Å². The highest BCUT2D eigenvalue weighted by Crippen LogP contribution is 2.28. The second kappa shape index (κ2) is 6.97. The summed E-state index contributed by atoms with van der Waals surface area (Å²) < 4.78 is 12.8. The van der Waals surface area contributed by atoms with Crippen LogP contribution in [0, 0.1) is 18.3 Å². The van der Waals surface area contributed by atoms with Crippen molar-refractivity contribution in [2.45, 2.75) is 13.8 Å². The Bertz CT molecular complexity index is 933. The number of hydrogen-bond acceptors (Lipinski definition) is 4. The average molecular weight is 335 g/mol. The number of para-hydroxylation sites is 2. The molecule has 25 heavy (non-hydrogen) atoms. The summed E-state index contributed by atoms with van der Waals surface area (Å²) in [6.45, 7) is 4.02. The molecule has 0 unspecified atom stereocenters. The maximum absolute atomic E-state index is 12.8. The van der Waals surface area contributed by atoms with Crippen molar-refractivity contribution < 1.29 is 13.9 Å². The molecule has 0 bridgehead atoms. The zero-order valence-corrected chi connectivity index (χ0v) is 13.9. The first-order valence-electron chi connectivity index (χ1n) is 7.85. The fourth-order valence-corrected chi connectivity index (χ4v) is 2.59. The maximum atomic E-state index is 12.8. The summed E-state index contributed by atoms with van der Waals surface area (Å²) in [5, 5.41) is 12.3. The number of carbonyl (C=O) groups is 1. The summed E-state index contributed by atoms with van der Waals surface area (Å²) in [4.78, 5) is 12.8. The van der Waals surface area contributed by atoms with Gasteiger partial charge in [-0.15, -0.1) is 0 Å². The van der Waals surface area contributed by atoms with Gasteiger partial charge in [0.15, 0.2) is 0 Å². The molecule has 3 aromatic rings. The lowest BCUT2D eigenvalue weighted by Crippen LogP contribution is -2.14. The SMILES string of the molecule is CCOc1ccccc1NC(=O)c1c(C)oc(-n2cccc2)c1C#N. The largest absolute Gasteiger partial charge is 0.492 e. The number of benzene rings is 1. The molecule has 1 amide bonds. The normalized spacial score (nSPS) is 10.3. The third kappa shape index (κ3) is 3.12. The van der Waals surface area contributed by atoms with E-state index in [1.54, 1.807) is 42.1 Å². The van der Waals surface area contributed by atoms with E-state index in [1.807, 2.05) is 25.1 Å². The Hall–Kier alpha value is -3.46. The number of carbonyl (C=O) groups excluding carboxylic acids is 1. The van der Waals surface area contributed by atoms with Crippen molar-refractivity contribution in [2.24, 2.45) is 0 Å². The van der Waals surface area contributed by atoms with Crippen LogP contribution in [-0.4, -0.2) is 17.1 Å². The van der Waals surface area contributed by atoms with E-state index in [1.165, 1.54) is 0 Å². The van der Waals surface area contributed by atoms with Crippen LogP contribution in [0.2, 0.25) is 0 Å². The van der Waals surface area contributed by atoms with Gasteiger partial charge in [-0.25, -0.2) is 0 Å². The molecule has 0 radical (unpaired) electrons. The van der Waals surface area contributed by atoms with Crippen LogP contribution in [-0.2, 0) is 0 Å². The summed E-state index contributed by atoms with van der Waals surface area (Å²) in [7, 11) is 0. The molecular weight excluding hydrogens is 318 g/mol. The van der Waals surface area contributed by atoms with E-state index in [-0.39, 0.29) is 11.1 Å². The topological polar surface area (TPSA) is 80.2 Å². The number of aromatic nitrogens is 1. The lowest BCUT2D eigenvalue weighted by molar-refractivity contribution is 0.102. The third-order valence-corrected chi connectivity index (χ3v) is 3.68. The minimum Gasteiger partial charge on any atom is -0.492 e. The fourth-order valence-electron chi connectivity index (χ4n) is 2.59. The second-order valence-electron chi connectivity index (χ2n) is 5.30. The second-order valence-corrected chi connectivity index (χ2v) is 5.30. The zero-order valence-electron chi connectivity index (χ0n) is 13.9. The van der Waals surface area contributed by atoms with Crippen LogP contribution in [0.25, 0.3) is 5.88 Å². The number of rotatable bonds is 5. The molecule has 3 rings (SSSR count). The molecule has 6 heteroatoms. The Morgan fingerprint density at radius 1 is 1.28 bits per heavy atom. The number of nitriles is 1. The molecule has 0 atom stereocenters. The molecule has 1 N–H and O–H groups in total. The molecule has 0 aliphatic rings. The average Bonchev–Trinajstić information content (AvgIpc) is 3.23. The van der Waals surface area contributed by atoms with Gasteiger partial charge in [0.25, 0.3) is 5.91 Å². The van der Waals surface area contributed by atoms with Crippen molar-refractivity contribution in [2.75, 3.05) is 11.9 Å². The maximum Gasteiger partial charge on any atom is 0.260 e. The number of hydrogen-bond donors (Lipinski definition) is 1. The fraction of sp³-hybridized carbons (Fsp3) is 0.158. The van der Waals surface area contributed by atoms with E-state index >= 15 is 0 Å². The van der Waals surface area contributed by atoms with Gasteiger partial charge in [-0.05, 0) is 38.1 Å². The molecule has 0 spiro atoms. The van der Waals surface area contributed by atoms with E-state index < -0.39 is 5.91 Å². The molecule has 2 heterocycles. The summed E-state index contributed by atoms with van der Waals surface area (Å²) >= 11 is 0. The summed E-state index contributed by atoms with van der Waals surface area (Å²) in [5.74, 6) is 0.867.